The van der Waals surface area contributed by atoms with Crippen LogP contribution in [-0.2, 0) is 12.8 Å². The van der Waals surface area contributed by atoms with Gasteiger partial charge in [-0.25, -0.2) is 4.98 Å². The van der Waals surface area contributed by atoms with Crippen LogP contribution in [0, 0.1) is 0 Å². The SMILES string of the molecule is CCc1nnc(N2CCN3CCCC3C2)nc1CC. The van der Waals surface area contributed by atoms with Gasteiger partial charge in [-0.1, -0.05) is 13.8 Å². The number of fused-ring (bicyclic) bond motifs is 1. The van der Waals surface area contributed by atoms with Crippen molar-refractivity contribution in [3.05, 3.63) is 11.4 Å². The summed E-state index contributed by atoms with van der Waals surface area (Å²) in [5, 5.41) is 8.70. The van der Waals surface area contributed by atoms with Crippen molar-refractivity contribution in [2.24, 2.45) is 0 Å². The summed E-state index contributed by atoms with van der Waals surface area (Å²) in [6.45, 7) is 8.77. The largest absolute Gasteiger partial charge is 0.337 e. The lowest BCUT2D eigenvalue weighted by molar-refractivity contribution is 0.229. The third-order valence-electron chi connectivity index (χ3n) is 4.37. The zero-order valence-corrected chi connectivity index (χ0v) is 12.0. The summed E-state index contributed by atoms with van der Waals surface area (Å²) in [7, 11) is 0. The molecule has 0 bridgehead atoms. The molecular weight excluding hydrogens is 238 g/mol. The summed E-state index contributed by atoms with van der Waals surface area (Å²) in [5.74, 6) is 0.834. The summed E-state index contributed by atoms with van der Waals surface area (Å²) >= 11 is 0. The number of rotatable bonds is 3. The molecule has 2 aliphatic rings. The predicted molar refractivity (Wildman–Crippen MR) is 75.4 cm³/mol. The first-order valence-corrected chi connectivity index (χ1v) is 7.53. The van der Waals surface area contributed by atoms with E-state index in [-0.39, 0.29) is 0 Å². The average molecular weight is 261 g/mol. The maximum Gasteiger partial charge on any atom is 0.245 e. The van der Waals surface area contributed by atoms with Gasteiger partial charge in [0, 0.05) is 25.7 Å². The van der Waals surface area contributed by atoms with E-state index in [0.717, 1.165) is 49.8 Å². The fourth-order valence-corrected chi connectivity index (χ4v) is 3.24. The summed E-state index contributed by atoms with van der Waals surface area (Å²) in [6, 6.07) is 0.702. The molecule has 19 heavy (non-hydrogen) atoms. The van der Waals surface area contributed by atoms with E-state index >= 15 is 0 Å². The van der Waals surface area contributed by atoms with Crippen LogP contribution in [0.2, 0.25) is 0 Å². The highest BCUT2D eigenvalue weighted by atomic mass is 15.4. The first kappa shape index (κ1) is 12.8. The minimum absolute atomic E-state index is 0.702. The molecule has 5 nitrogen and oxygen atoms in total. The molecule has 1 atom stereocenters. The van der Waals surface area contributed by atoms with Crippen molar-refractivity contribution in [1.29, 1.82) is 0 Å². The molecule has 0 spiro atoms. The second kappa shape index (κ2) is 5.41. The fourth-order valence-electron chi connectivity index (χ4n) is 3.24. The van der Waals surface area contributed by atoms with Gasteiger partial charge in [0.2, 0.25) is 5.95 Å². The minimum Gasteiger partial charge on any atom is -0.337 e. The second-order valence-electron chi connectivity index (χ2n) is 5.49. The van der Waals surface area contributed by atoms with E-state index in [9.17, 15) is 0 Å². The van der Waals surface area contributed by atoms with Crippen LogP contribution in [0.25, 0.3) is 0 Å². The normalized spacial score (nSPS) is 23.7. The van der Waals surface area contributed by atoms with E-state index in [1.54, 1.807) is 0 Å². The summed E-state index contributed by atoms with van der Waals surface area (Å²) in [5.41, 5.74) is 2.16. The van der Waals surface area contributed by atoms with E-state index in [2.05, 4.69) is 33.8 Å². The summed E-state index contributed by atoms with van der Waals surface area (Å²) in [6.07, 6.45) is 4.51. The Morgan fingerprint density at radius 2 is 1.89 bits per heavy atom. The van der Waals surface area contributed by atoms with Gasteiger partial charge in [0.25, 0.3) is 0 Å². The van der Waals surface area contributed by atoms with Gasteiger partial charge in [0.05, 0.1) is 11.4 Å². The number of hydrogen-bond donors (Lipinski definition) is 0. The maximum atomic E-state index is 4.73. The highest BCUT2D eigenvalue weighted by Crippen LogP contribution is 2.23. The van der Waals surface area contributed by atoms with Crippen molar-refractivity contribution >= 4 is 5.95 Å². The molecular formula is C14H23N5. The number of nitrogens with zero attached hydrogens (tertiary/aromatic N) is 5. The predicted octanol–water partition coefficient (Wildman–Crippen LogP) is 1.28. The third kappa shape index (κ3) is 2.43. The molecule has 0 radical (unpaired) electrons. The lowest BCUT2D eigenvalue weighted by Gasteiger charge is -2.37. The number of hydrogen-bond acceptors (Lipinski definition) is 5. The maximum absolute atomic E-state index is 4.73. The summed E-state index contributed by atoms with van der Waals surface area (Å²) in [4.78, 5) is 9.65. The molecule has 3 rings (SSSR count). The lowest BCUT2D eigenvalue weighted by Crippen LogP contribution is -2.50. The van der Waals surface area contributed by atoms with Crippen LogP contribution in [0.4, 0.5) is 5.95 Å². The molecule has 1 aromatic rings. The fraction of sp³-hybridized carbons (Fsp3) is 0.786. The van der Waals surface area contributed by atoms with Gasteiger partial charge in [-0.05, 0) is 32.2 Å². The van der Waals surface area contributed by atoms with E-state index in [1.165, 1.54) is 19.4 Å². The van der Waals surface area contributed by atoms with Gasteiger partial charge < -0.3 is 4.90 Å². The lowest BCUT2D eigenvalue weighted by atomic mass is 10.1. The van der Waals surface area contributed by atoms with Crippen molar-refractivity contribution in [3.8, 4) is 0 Å². The topological polar surface area (TPSA) is 45.2 Å². The van der Waals surface area contributed by atoms with Crippen molar-refractivity contribution in [1.82, 2.24) is 20.1 Å². The van der Waals surface area contributed by atoms with E-state index in [1.807, 2.05) is 0 Å². The van der Waals surface area contributed by atoms with Crippen molar-refractivity contribution < 1.29 is 0 Å². The standard InChI is InChI=1S/C14H23N5/c1-3-12-13(4-2)16-17-14(15-12)19-9-8-18-7-5-6-11(18)10-19/h11H,3-10H2,1-2H3. The Hall–Kier alpha value is -1.23. The van der Waals surface area contributed by atoms with E-state index < -0.39 is 0 Å². The highest BCUT2D eigenvalue weighted by Gasteiger charge is 2.31. The van der Waals surface area contributed by atoms with Crippen LogP contribution < -0.4 is 4.90 Å². The van der Waals surface area contributed by atoms with Crippen LogP contribution in [0.5, 0.6) is 0 Å². The van der Waals surface area contributed by atoms with Crippen LogP contribution in [0.3, 0.4) is 0 Å². The zero-order valence-electron chi connectivity index (χ0n) is 12.0. The molecule has 0 aliphatic carbocycles. The average Bonchev–Trinajstić information content (AvgIpc) is 2.93. The molecule has 1 unspecified atom stereocenters. The van der Waals surface area contributed by atoms with Crippen LogP contribution >= 0.6 is 0 Å². The Morgan fingerprint density at radius 3 is 2.68 bits per heavy atom. The van der Waals surface area contributed by atoms with Gasteiger partial charge in [0.1, 0.15) is 0 Å². The molecule has 0 amide bonds. The Morgan fingerprint density at radius 1 is 1.05 bits per heavy atom. The molecule has 0 N–H and O–H groups in total. The molecule has 1 aromatic heterocycles. The molecule has 2 fully saturated rings. The van der Waals surface area contributed by atoms with Crippen molar-refractivity contribution in [3.63, 3.8) is 0 Å². The van der Waals surface area contributed by atoms with E-state index in [0.29, 0.717) is 6.04 Å². The number of anilines is 1. The van der Waals surface area contributed by atoms with Gasteiger partial charge in [-0.2, -0.15) is 5.10 Å². The van der Waals surface area contributed by atoms with Crippen molar-refractivity contribution in [2.75, 3.05) is 31.1 Å². The zero-order chi connectivity index (χ0) is 13.2. The summed E-state index contributed by atoms with van der Waals surface area (Å²) < 4.78 is 0. The first-order valence-electron chi connectivity index (χ1n) is 7.53. The Balaban J connectivity index is 1.78. The third-order valence-corrected chi connectivity index (χ3v) is 4.37. The Bertz CT molecular complexity index is 447. The number of piperazine rings is 1. The van der Waals surface area contributed by atoms with Crippen LogP contribution in [0.1, 0.15) is 38.1 Å². The molecule has 0 aromatic carbocycles. The van der Waals surface area contributed by atoms with Crippen LogP contribution in [0.15, 0.2) is 0 Å². The molecule has 3 heterocycles. The van der Waals surface area contributed by atoms with Gasteiger partial charge in [0.15, 0.2) is 0 Å². The van der Waals surface area contributed by atoms with Gasteiger partial charge >= 0.3 is 0 Å². The van der Waals surface area contributed by atoms with E-state index in [4.69, 9.17) is 4.98 Å². The number of aromatic nitrogens is 3. The smallest absolute Gasteiger partial charge is 0.245 e. The Kier molecular flexibility index (Phi) is 3.64. The highest BCUT2D eigenvalue weighted by molar-refractivity contribution is 5.32. The second-order valence-corrected chi connectivity index (χ2v) is 5.49. The Labute approximate surface area is 115 Å². The number of aryl methyl sites for hydroxylation is 2. The first-order chi connectivity index (χ1) is 9.31. The molecule has 2 saturated heterocycles. The van der Waals surface area contributed by atoms with Gasteiger partial charge in [-0.3, -0.25) is 4.90 Å². The van der Waals surface area contributed by atoms with Crippen molar-refractivity contribution in [2.45, 2.75) is 45.6 Å². The minimum atomic E-state index is 0.702. The quantitative estimate of drug-likeness (QED) is 0.820. The molecule has 5 heteroatoms. The van der Waals surface area contributed by atoms with Gasteiger partial charge in [-0.15, -0.1) is 5.10 Å². The molecule has 2 aliphatic heterocycles. The monoisotopic (exact) mass is 261 g/mol. The van der Waals surface area contributed by atoms with Crippen LogP contribution in [-0.4, -0.2) is 52.3 Å². The molecule has 104 valence electrons. The molecule has 0 saturated carbocycles.